The Morgan fingerprint density at radius 1 is 1.05 bits per heavy atom. The van der Waals surface area contributed by atoms with E-state index in [1.807, 2.05) is 78.4 Å². The van der Waals surface area contributed by atoms with Crippen molar-refractivity contribution < 1.29 is 19.1 Å². The van der Waals surface area contributed by atoms with Crippen molar-refractivity contribution in [2.45, 2.75) is 38.8 Å². The normalized spacial score (nSPS) is 16.4. The molecule has 0 radical (unpaired) electrons. The maximum Gasteiger partial charge on any atom is 0.409 e. The van der Waals surface area contributed by atoms with Gasteiger partial charge in [-0.25, -0.2) is 9.59 Å². The Kier molecular flexibility index (Phi) is 8.01. The molecule has 1 N–H and O–H groups in total. The second kappa shape index (κ2) is 11.4. The van der Waals surface area contributed by atoms with Crippen molar-refractivity contribution in [2.24, 2.45) is 0 Å². The standard InChI is InChI=1S/C26H29N5O4.C2H6/c1-34-23-5-3-4-19(14-23)17-31-24(32)30(18-26(31)10-12-29(13-11-26)25(33)35-2)22-8-6-20(7-9-22)21-15-27-28-16-21;1-2/h3-9,14-16H,10-13,17-18H2,1-2H3,(H,27,28);1-2H3. The highest BCUT2D eigenvalue weighted by Gasteiger charge is 2.51. The van der Waals surface area contributed by atoms with Crippen LogP contribution in [0.3, 0.4) is 0 Å². The number of nitrogens with zero attached hydrogens (tertiary/aromatic N) is 4. The SMILES string of the molecule is CC.COC(=O)N1CCC2(CC1)CN(c1ccc(-c3cn[nH]c3)cc1)C(=O)N2Cc1cccc(OC)c1. The number of aromatic amines is 1. The molecule has 2 aliphatic rings. The van der Waals surface area contributed by atoms with Crippen molar-refractivity contribution in [3.63, 3.8) is 0 Å². The molecule has 1 aromatic heterocycles. The number of rotatable bonds is 5. The molecule has 1 spiro atoms. The maximum absolute atomic E-state index is 13.8. The summed E-state index contributed by atoms with van der Waals surface area (Å²) < 4.78 is 10.3. The molecule has 2 aliphatic heterocycles. The molecule has 5 rings (SSSR count). The number of urea groups is 1. The molecular weight excluding hydrogens is 470 g/mol. The molecule has 37 heavy (non-hydrogen) atoms. The van der Waals surface area contributed by atoms with Crippen LogP contribution in [0.15, 0.2) is 60.9 Å². The molecule has 9 nitrogen and oxygen atoms in total. The fraction of sp³-hybridized carbons (Fsp3) is 0.393. The third-order valence-corrected chi connectivity index (χ3v) is 7.10. The van der Waals surface area contributed by atoms with Crippen molar-refractivity contribution in [3.8, 4) is 16.9 Å². The van der Waals surface area contributed by atoms with Gasteiger partial charge < -0.3 is 19.3 Å². The monoisotopic (exact) mass is 505 g/mol. The lowest BCUT2D eigenvalue weighted by molar-refractivity contribution is 0.0615. The summed E-state index contributed by atoms with van der Waals surface area (Å²) in [5.74, 6) is 0.760. The number of carbonyl (C=O) groups is 2. The van der Waals surface area contributed by atoms with Gasteiger partial charge in [-0.05, 0) is 48.2 Å². The van der Waals surface area contributed by atoms with E-state index in [1.165, 1.54) is 7.11 Å². The summed E-state index contributed by atoms with van der Waals surface area (Å²) in [5.41, 5.74) is 3.50. The van der Waals surface area contributed by atoms with E-state index in [0.717, 1.165) is 28.1 Å². The Bertz CT molecular complexity index is 1190. The summed E-state index contributed by atoms with van der Waals surface area (Å²) in [5, 5.41) is 6.84. The molecule has 3 aromatic rings. The first-order chi connectivity index (χ1) is 18.0. The van der Waals surface area contributed by atoms with Crippen LogP contribution in [0.5, 0.6) is 5.75 Å². The van der Waals surface area contributed by atoms with Crippen LogP contribution >= 0.6 is 0 Å². The number of H-pyrrole nitrogens is 1. The molecule has 3 heterocycles. The molecule has 0 aliphatic carbocycles. The number of hydrogen-bond donors (Lipinski definition) is 1. The van der Waals surface area contributed by atoms with Gasteiger partial charge in [0.25, 0.3) is 0 Å². The fourth-order valence-electron chi connectivity index (χ4n) is 5.09. The number of methoxy groups -OCH3 is 2. The Morgan fingerprint density at radius 2 is 1.78 bits per heavy atom. The Morgan fingerprint density at radius 3 is 2.41 bits per heavy atom. The van der Waals surface area contributed by atoms with Gasteiger partial charge in [0.1, 0.15) is 5.75 Å². The van der Waals surface area contributed by atoms with E-state index in [2.05, 4.69) is 10.2 Å². The summed E-state index contributed by atoms with van der Waals surface area (Å²) in [7, 11) is 3.04. The quantitative estimate of drug-likeness (QED) is 0.518. The first-order valence-corrected chi connectivity index (χ1v) is 12.7. The minimum Gasteiger partial charge on any atom is -0.497 e. The van der Waals surface area contributed by atoms with Gasteiger partial charge in [0.15, 0.2) is 0 Å². The van der Waals surface area contributed by atoms with Gasteiger partial charge in [0.05, 0.1) is 32.5 Å². The third kappa shape index (κ3) is 5.26. The summed E-state index contributed by atoms with van der Waals surface area (Å²) >= 11 is 0. The van der Waals surface area contributed by atoms with Crippen LogP contribution in [0.4, 0.5) is 15.3 Å². The number of anilines is 1. The second-order valence-corrected chi connectivity index (χ2v) is 9.02. The molecule has 0 unspecified atom stereocenters. The number of piperidine rings is 1. The molecule has 0 saturated carbocycles. The molecule has 196 valence electrons. The molecule has 9 heteroatoms. The third-order valence-electron chi connectivity index (χ3n) is 7.10. The number of carbonyl (C=O) groups excluding carboxylic acids is 2. The highest BCUT2D eigenvalue weighted by molar-refractivity contribution is 5.95. The molecular formula is C28H35N5O4. The average molecular weight is 506 g/mol. The summed E-state index contributed by atoms with van der Waals surface area (Å²) in [6.45, 7) is 6.12. The van der Waals surface area contributed by atoms with Gasteiger partial charge in [0, 0.05) is 37.1 Å². The van der Waals surface area contributed by atoms with Crippen LogP contribution in [-0.2, 0) is 11.3 Å². The number of amides is 3. The fourth-order valence-corrected chi connectivity index (χ4v) is 5.09. The summed E-state index contributed by atoms with van der Waals surface area (Å²) in [6, 6.07) is 15.7. The van der Waals surface area contributed by atoms with E-state index >= 15 is 0 Å². The molecule has 2 fully saturated rings. The lowest BCUT2D eigenvalue weighted by atomic mass is 9.86. The predicted octanol–water partition coefficient (Wildman–Crippen LogP) is 5.15. The molecule has 0 bridgehead atoms. The second-order valence-electron chi connectivity index (χ2n) is 9.02. The number of benzene rings is 2. The van der Waals surface area contributed by atoms with Crippen LogP contribution in [0.1, 0.15) is 32.3 Å². The zero-order valence-electron chi connectivity index (χ0n) is 21.9. The van der Waals surface area contributed by atoms with E-state index in [-0.39, 0.29) is 17.7 Å². The number of aromatic nitrogens is 2. The first-order valence-electron chi connectivity index (χ1n) is 12.7. The first kappa shape index (κ1) is 26.1. The van der Waals surface area contributed by atoms with Crippen LogP contribution in [0.25, 0.3) is 11.1 Å². The Balaban J connectivity index is 0.00000156. The largest absolute Gasteiger partial charge is 0.497 e. The maximum atomic E-state index is 13.8. The van der Waals surface area contributed by atoms with Crippen molar-refractivity contribution in [3.05, 3.63) is 66.5 Å². The zero-order valence-corrected chi connectivity index (χ0v) is 21.9. The van der Waals surface area contributed by atoms with Gasteiger partial charge >= 0.3 is 12.1 Å². The van der Waals surface area contributed by atoms with Gasteiger partial charge in [-0.1, -0.05) is 38.1 Å². The number of ether oxygens (including phenoxy) is 2. The smallest absolute Gasteiger partial charge is 0.409 e. The van der Waals surface area contributed by atoms with Crippen molar-refractivity contribution in [1.29, 1.82) is 0 Å². The van der Waals surface area contributed by atoms with Crippen LogP contribution in [-0.4, -0.2) is 71.5 Å². The van der Waals surface area contributed by atoms with E-state index < -0.39 is 0 Å². The van der Waals surface area contributed by atoms with Gasteiger partial charge in [-0.3, -0.25) is 10.00 Å². The van der Waals surface area contributed by atoms with Crippen molar-refractivity contribution in [2.75, 3.05) is 38.8 Å². The highest BCUT2D eigenvalue weighted by atomic mass is 16.5. The van der Waals surface area contributed by atoms with Crippen LogP contribution in [0.2, 0.25) is 0 Å². The predicted molar refractivity (Wildman–Crippen MR) is 143 cm³/mol. The van der Waals surface area contributed by atoms with E-state index in [1.54, 1.807) is 18.2 Å². The molecule has 2 saturated heterocycles. The number of likely N-dealkylation sites (tertiary alicyclic amines) is 1. The van der Waals surface area contributed by atoms with E-state index in [4.69, 9.17) is 9.47 Å². The average Bonchev–Trinajstić information content (AvgIpc) is 3.58. The number of hydrogen-bond acceptors (Lipinski definition) is 5. The summed E-state index contributed by atoms with van der Waals surface area (Å²) in [6.07, 6.45) is 4.66. The van der Waals surface area contributed by atoms with E-state index in [9.17, 15) is 9.59 Å². The molecule has 2 aromatic carbocycles. The topological polar surface area (TPSA) is 91.0 Å². The Hall–Kier alpha value is -4.01. The van der Waals surface area contributed by atoms with Crippen molar-refractivity contribution in [1.82, 2.24) is 20.0 Å². The van der Waals surface area contributed by atoms with Crippen LogP contribution < -0.4 is 9.64 Å². The Labute approximate surface area is 218 Å². The van der Waals surface area contributed by atoms with Crippen LogP contribution in [0, 0.1) is 0 Å². The summed E-state index contributed by atoms with van der Waals surface area (Å²) in [4.78, 5) is 31.4. The molecule has 3 amide bonds. The lowest BCUT2D eigenvalue weighted by Crippen LogP contribution is -2.55. The van der Waals surface area contributed by atoms with Gasteiger partial charge in [-0.15, -0.1) is 0 Å². The number of nitrogens with one attached hydrogen (secondary N) is 1. The minimum atomic E-state index is -0.381. The lowest BCUT2D eigenvalue weighted by Gasteiger charge is -2.43. The van der Waals surface area contributed by atoms with Crippen molar-refractivity contribution >= 4 is 17.8 Å². The zero-order chi connectivity index (χ0) is 26.4. The minimum absolute atomic E-state index is 0.0320. The van der Waals surface area contributed by atoms with Gasteiger partial charge in [0.2, 0.25) is 0 Å². The van der Waals surface area contributed by atoms with E-state index in [0.29, 0.717) is 39.0 Å². The highest BCUT2D eigenvalue weighted by Crippen LogP contribution is 2.40. The molecule has 0 atom stereocenters. The van der Waals surface area contributed by atoms with Gasteiger partial charge in [-0.2, -0.15) is 5.10 Å².